The summed E-state index contributed by atoms with van der Waals surface area (Å²) in [6.45, 7) is 3.85. The zero-order valence-electron chi connectivity index (χ0n) is 11.4. The second-order valence-electron chi connectivity index (χ2n) is 4.88. The van der Waals surface area contributed by atoms with E-state index < -0.39 is 0 Å². The number of carbonyl (C=O) groups excluding carboxylic acids is 1. The number of rotatable bonds is 2. The minimum absolute atomic E-state index is 0.0207. The number of benzene rings is 1. The van der Waals surface area contributed by atoms with Crippen LogP contribution in [0.3, 0.4) is 0 Å². The molecule has 0 spiro atoms. The second-order valence-corrected chi connectivity index (χ2v) is 4.88. The standard InChI is InChI=1S/C17H14N2O/c1-11-10-18-8-7-15(11)17(20)14-5-6-16-13(9-14)4-3-12(2)19-16/h3-10H,1-2H3. The number of ketones is 1. The number of aromatic nitrogens is 2. The number of fused-ring (bicyclic) bond motifs is 1. The van der Waals surface area contributed by atoms with Crippen LogP contribution >= 0.6 is 0 Å². The lowest BCUT2D eigenvalue weighted by atomic mass is 9.99. The molecule has 0 saturated heterocycles. The van der Waals surface area contributed by atoms with Gasteiger partial charge in [-0.15, -0.1) is 0 Å². The van der Waals surface area contributed by atoms with Crippen LogP contribution in [0.4, 0.5) is 0 Å². The first-order chi connectivity index (χ1) is 9.65. The first-order valence-corrected chi connectivity index (χ1v) is 6.48. The van der Waals surface area contributed by atoms with E-state index in [0.717, 1.165) is 22.2 Å². The van der Waals surface area contributed by atoms with Gasteiger partial charge < -0.3 is 0 Å². The molecule has 0 aliphatic carbocycles. The maximum Gasteiger partial charge on any atom is 0.193 e. The molecule has 3 aromatic rings. The van der Waals surface area contributed by atoms with E-state index in [1.54, 1.807) is 18.5 Å². The first-order valence-electron chi connectivity index (χ1n) is 6.48. The molecule has 98 valence electrons. The summed E-state index contributed by atoms with van der Waals surface area (Å²) in [5.74, 6) is 0.0207. The molecule has 3 rings (SSSR count). The SMILES string of the molecule is Cc1ccc2cc(C(=O)c3ccncc3C)ccc2n1. The number of aryl methyl sites for hydroxylation is 2. The molecule has 3 heteroatoms. The Morgan fingerprint density at radius 2 is 1.90 bits per heavy atom. The molecular weight excluding hydrogens is 248 g/mol. The van der Waals surface area contributed by atoms with Crippen molar-refractivity contribution in [1.29, 1.82) is 0 Å². The molecule has 0 saturated carbocycles. The topological polar surface area (TPSA) is 42.9 Å². The fourth-order valence-corrected chi connectivity index (χ4v) is 2.25. The van der Waals surface area contributed by atoms with Crippen molar-refractivity contribution in [1.82, 2.24) is 9.97 Å². The summed E-state index contributed by atoms with van der Waals surface area (Å²) in [5.41, 5.74) is 4.14. The van der Waals surface area contributed by atoms with Crippen LogP contribution in [0, 0.1) is 13.8 Å². The van der Waals surface area contributed by atoms with Gasteiger partial charge in [0.05, 0.1) is 5.52 Å². The van der Waals surface area contributed by atoms with E-state index in [4.69, 9.17) is 0 Å². The zero-order chi connectivity index (χ0) is 14.1. The summed E-state index contributed by atoms with van der Waals surface area (Å²) in [5, 5.41) is 0.980. The fraction of sp³-hybridized carbons (Fsp3) is 0.118. The van der Waals surface area contributed by atoms with Gasteiger partial charge in [-0.25, -0.2) is 0 Å². The minimum atomic E-state index is 0.0207. The summed E-state index contributed by atoms with van der Waals surface area (Å²) in [6, 6.07) is 11.3. The van der Waals surface area contributed by atoms with Gasteiger partial charge in [0, 0.05) is 34.6 Å². The molecule has 0 N–H and O–H groups in total. The van der Waals surface area contributed by atoms with E-state index in [-0.39, 0.29) is 5.78 Å². The van der Waals surface area contributed by atoms with Gasteiger partial charge in [-0.3, -0.25) is 14.8 Å². The Morgan fingerprint density at radius 3 is 2.70 bits per heavy atom. The monoisotopic (exact) mass is 262 g/mol. The van der Waals surface area contributed by atoms with Crippen molar-refractivity contribution >= 4 is 16.7 Å². The van der Waals surface area contributed by atoms with Crippen molar-refractivity contribution in [2.45, 2.75) is 13.8 Å². The van der Waals surface area contributed by atoms with Crippen LogP contribution in [0.25, 0.3) is 10.9 Å². The highest BCUT2D eigenvalue weighted by Crippen LogP contribution is 2.18. The molecule has 0 atom stereocenters. The maximum atomic E-state index is 12.5. The van der Waals surface area contributed by atoms with E-state index in [9.17, 15) is 4.79 Å². The molecule has 2 aromatic heterocycles. The number of hydrogen-bond acceptors (Lipinski definition) is 3. The van der Waals surface area contributed by atoms with Crippen LogP contribution in [-0.2, 0) is 0 Å². The Hall–Kier alpha value is -2.55. The Balaban J connectivity index is 2.09. The third kappa shape index (κ3) is 2.18. The molecule has 2 heterocycles. The Bertz CT molecular complexity index is 809. The maximum absolute atomic E-state index is 12.5. The van der Waals surface area contributed by atoms with Crippen LogP contribution in [-0.4, -0.2) is 15.8 Å². The average Bonchev–Trinajstić information content (AvgIpc) is 2.46. The number of pyridine rings is 2. The third-order valence-corrected chi connectivity index (χ3v) is 3.36. The normalized spacial score (nSPS) is 10.7. The predicted molar refractivity (Wildman–Crippen MR) is 78.9 cm³/mol. The Labute approximate surface area is 117 Å². The largest absolute Gasteiger partial charge is 0.289 e. The van der Waals surface area contributed by atoms with E-state index in [1.807, 2.05) is 44.2 Å². The van der Waals surface area contributed by atoms with Gasteiger partial charge >= 0.3 is 0 Å². The quantitative estimate of drug-likeness (QED) is 0.664. The van der Waals surface area contributed by atoms with Crippen molar-refractivity contribution in [3.63, 3.8) is 0 Å². The molecule has 0 fully saturated rings. The number of carbonyl (C=O) groups is 1. The van der Waals surface area contributed by atoms with Gasteiger partial charge in [0.1, 0.15) is 0 Å². The highest BCUT2D eigenvalue weighted by atomic mass is 16.1. The molecular formula is C17H14N2O. The molecule has 20 heavy (non-hydrogen) atoms. The highest BCUT2D eigenvalue weighted by molar-refractivity contribution is 6.11. The molecule has 0 bridgehead atoms. The molecule has 0 amide bonds. The number of nitrogens with zero attached hydrogens (tertiary/aromatic N) is 2. The third-order valence-electron chi connectivity index (χ3n) is 3.36. The van der Waals surface area contributed by atoms with E-state index in [1.165, 1.54) is 0 Å². The molecule has 1 aromatic carbocycles. The van der Waals surface area contributed by atoms with E-state index in [0.29, 0.717) is 11.1 Å². The molecule has 3 nitrogen and oxygen atoms in total. The Kier molecular flexibility index (Phi) is 3.03. The number of hydrogen-bond donors (Lipinski definition) is 0. The lowest BCUT2D eigenvalue weighted by Gasteiger charge is -2.06. The smallest absolute Gasteiger partial charge is 0.193 e. The lowest BCUT2D eigenvalue weighted by molar-refractivity contribution is 0.103. The summed E-state index contributed by atoms with van der Waals surface area (Å²) in [6.07, 6.45) is 3.35. The lowest BCUT2D eigenvalue weighted by Crippen LogP contribution is -2.04. The summed E-state index contributed by atoms with van der Waals surface area (Å²) in [7, 11) is 0. The van der Waals surface area contributed by atoms with Crippen molar-refractivity contribution in [3.05, 3.63) is 71.2 Å². The molecule has 0 radical (unpaired) electrons. The predicted octanol–water partition coefficient (Wildman–Crippen LogP) is 3.48. The zero-order valence-corrected chi connectivity index (χ0v) is 11.4. The van der Waals surface area contributed by atoms with Crippen molar-refractivity contribution in [3.8, 4) is 0 Å². The van der Waals surface area contributed by atoms with Crippen LogP contribution in [0.2, 0.25) is 0 Å². The fourth-order valence-electron chi connectivity index (χ4n) is 2.25. The highest BCUT2D eigenvalue weighted by Gasteiger charge is 2.12. The van der Waals surface area contributed by atoms with E-state index >= 15 is 0 Å². The van der Waals surface area contributed by atoms with E-state index in [2.05, 4.69) is 9.97 Å². The van der Waals surface area contributed by atoms with Crippen LogP contribution in [0.1, 0.15) is 27.2 Å². The summed E-state index contributed by atoms with van der Waals surface area (Å²) >= 11 is 0. The molecule has 0 aliphatic rings. The second kappa shape index (κ2) is 4.85. The van der Waals surface area contributed by atoms with Crippen LogP contribution in [0.5, 0.6) is 0 Å². The summed E-state index contributed by atoms with van der Waals surface area (Å²) in [4.78, 5) is 21.0. The van der Waals surface area contributed by atoms with Crippen LogP contribution in [0.15, 0.2) is 48.8 Å². The van der Waals surface area contributed by atoms with Gasteiger partial charge in [0.2, 0.25) is 0 Å². The van der Waals surface area contributed by atoms with Crippen LogP contribution < -0.4 is 0 Å². The van der Waals surface area contributed by atoms with Gasteiger partial charge in [-0.1, -0.05) is 6.07 Å². The van der Waals surface area contributed by atoms with Crippen molar-refractivity contribution in [2.75, 3.05) is 0 Å². The van der Waals surface area contributed by atoms with Crippen molar-refractivity contribution in [2.24, 2.45) is 0 Å². The minimum Gasteiger partial charge on any atom is -0.289 e. The van der Waals surface area contributed by atoms with Gasteiger partial charge in [0.25, 0.3) is 0 Å². The average molecular weight is 262 g/mol. The van der Waals surface area contributed by atoms with Gasteiger partial charge in [0.15, 0.2) is 5.78 Å². The summed E-state index contributed by atoms with van der Waals surface area (Å²) < 4.78 is 0. The van der Waals surface area contributed by atoms with Crippen molar-refractivity contribution < 1.29 is 4.79 Å². The molecule has 0 unspecified atom stereocenters. The Morgan fingerprint density at radius 1 is 1.05 bits per heavy atom. The van der Waals surface area contributed by atoms with Gasteiger partial charge in [-0.2, -0.15) is 0 Å². The first kappa shape index (κ1) is 12.5. The molecule has 0 aliphatic heterocycles. The van der Waals surface area contributed by atoms with Gasteiger partial charge in [-0.05, 0) is 49.7 Å².